The molecule has 2 aromatic carbocycles. The van der Waals surface area contributed by atoms with E-state index in [-0.39, 0.29) is 16.4 Å². The number of hydrogen-bond acceptors (Lipinski definition) is 4. The summed E-state index contributed by atoms with van der Waals surface area (Å²) in [5, 5.41) is 2.45. The Morgan fingerprint density at radius 1 is 1.00 bits per heavy atom. The van der Waals surface area contributed by atoms with Crippen LogP contribution >= 0.6 is 12.2 Å². The maximum atomic E-state index is 12.2. The number of carbonyl (C=O) groups excluding carboxylic acids is 2. The lowest BCUT2D eigenvalue weighted by Crippen LogP contribution is -2.48. The molecule has 0 aliphatic rings. The van der Waals surface area contributed by atoms with Gasteiger partial charge in [-0.15, -0.1) is 0 Å². The van der Waals surface area contributed by atoms with Gasteiger partial charge in [-0.1, -0.05) is 51.1 Å². The molecule has 3 N–H and O–H groups in total. The van der Waals surface area contributed by atoms with Crippen LogP contribution in [-0.4, -0.2) is 24.0 Å². The van der Waals surface area contributed by atoms with Gasteiger partial charge in [-0.3, -0.25) is 25.8 Å². The van der Waals surface area contributed by atoms with Crippen molar-refractivity contribution in [2.24, 2.45) is 0 Å². The number of hydrazine groups is 1. The smallest absolute Gasteiger partial charge is 0.269 e. The normalized spacial score (nSPS) is 11.0. The zero-order chi connectivity index (χ0) is 21.4. The van der Waals surface area contributed by atoms with Gasteiger partial charge in [-0.25, -0.2) is 0 Å². The first-order valence-corrected chi connectivity index (χ1v) is 9.44. The van der Waals surface area contributed by atoms with Gasteiger partial charge < -0.3 is 4.74 Å². The molecule has 152 valence electrons. The van der Waals surface area contributed by atoms with E-state index in [1.165, 1.54) is 6.08 Å². The van der Waals surface area contributed by atoms with E-state index in [9.17, 15) is 9.59 Å². The van der Waals surface area contributed by atoms with Crippen molar-refractivity contribution in [2.75, 3.05) is 7.11 Å². The van der Waals surface area contributed by atoms with E-state index in [0.29, 0.717) is 11.3 Å². The number of thiocarbonyl (C=S) groups is 1. The zero-order valence-corrected chi connectivity index (χ0v) is 17.7. The molecule has 0 radical (unpaired) electrons. The Kier molecular flexibility index (Phi) is 7.50. The summed E-state index contributed by atoms with van der Waals surface area (Å²) in [6.07, 6.45) is 2.95. The van der Waals surface area contributed by atoms with Gasteiger partial charge in [0.25, 0.3) is 5.91 Å². The van der Waals surface area contributed by atoms with Crippen molar-refractivity contribution in [3.8, 4) is 5.75 Å². The Labute approximate surface area is 176 Å². The first kappa shape index (κ1) is 22.1. The van der Waals surface area contributed by atoms with Crippen molar-refractivity contribution in [2.45, 2.75) is 26.2 Å². The van der Waals surface area contributed by atoms with Crippen molar-refractivity contribution < 1.29 is 14.3 Å². The predicted molar refractivity (Wildman–Crippen MR) is 119 cm³/mol. The average molecular weight is 412 g/mol. The molecule has 2 amide bonds. The lowest BCUT2D eigenvalue weighted by Gasteiger charge is -2.19. The molecular weight excluding hydrogens is 386 g/mol. The fourth-order valence-corrected chi connectivity index (χ4v) is 2.61. The van der Waals surface area contributed by atoms with E-state index in [4.69, 9.17) is 17.0 Å². The van der Waals surface area contributed by atoms with Crippen molar-refractivity contribution in [1.29, 1.82) is 0 Å². The largest absolute Gasteiger partial charge is 0.496 e. The van der Waals surface area contributed by atoms with Crippen molar-refractivity contribution in [1.82, 2.24) is 16.2 Å². The van der Waals surface area contributed by atoms with Crippen LogP contribution in [-0.2, 0) is 10.2 Å². The molecule has 0 spiro atoms. The Hall–Kier alpha value is -3.19. The first-order valence-electron chi connectivity index (χ1n) is 9.03. The van der Waals surface area contributed by atoms with E-state index in [1.54, 1.807) is 31.4 Å². The van der Waals surface area contributed by atoms with Gasteiger partial charge in [0, 0.05) is 17.2 Å². The Bertz CT molecular complexity index is 916. The van der Waals surface area contributed by atoms with Crippen LogP contribution in [0.25, 0.3) is 6.08 Å². The molecule has 0 bridgehead atoms. The molecule has 0 heterocycles. The van der Waals surface area contributed by atoms with E-state index in [0.717, 1.165) is 11.1 Å². The minimum atomic E-state index is -0.433. The Morgan fingerprint density at radius 2 is 1.66 bits per heavy atom. The van der Waals surface area contributed by atoms with Crippen LogP contribution < -0.4 is 20.9 Å². The fraction of sp³-hybridized carbons (Fsp3) is 0.227. The summed E-state index contributed by atoms with van der Waals surface area (Å²) in [4.78, 5) is 24.2. The molecule has 2 aromatic rings. The highest BCUT2D eigenvalue weighted by atomic mass is 32.1. The minimum Gasteiger partial charge on any atom is -0.496 e. The van der Waals surface area contributed by atoms with Crippen LogP contribution in [0, 0.1) is 0 Å². The van der Waals surface area contributed by atoms with Gasteiger partial charge in [-0.05, 0) is 47.5 Å². The number of amides is 2. The summed E-state index contributed by atoms with van der Waals surface area (Å²) in [5.41, 5.74) is 7.37. The number of para-hydroxylation sites is 1. The monoisotopic (exact) mass is 411 g/mol. The maximum absolute atomic E-state index is 12.2. The summed E-state index contributed by atoms with van der Waals surface area (Å²) in [6, 6.07) is 14.6. The van der Waals surface area contributed by atoms with Crippen molar-refractivity contribution >= 4 is 35.2 Å². The third-order valence-electron chi connectivity index (χ3n) is 4.09. The molecule has 0 aromatic heterocycles. The molecule has 0 saturated heterocycles. The summed E-state index contributed by atoms with van der Waals surface area (Å²) >= 11 is 5.03. The van der Waals surface area contributed by atoms with Crippen molar-refractivity contribution in [3.63, 3.8) is 0 Å². The second kappa shape index (κ2) is 9.84. The minimum absolute atomic E-state index is 0.0103. The van der Waals surface area contributed by atoms with E-state index >= 15 is 0 Å². The Balaban J connectivity index is 1.85. The lowest BCUT2D eigenvalue weighted by molar-refractivity contribution is -0.115. The number of nitrogens with one attached hydrogen (secondary N) is 3. The first-order chi connectivity index (χ1) is 13.7. The highest BCUT2D eigenvalue weighted by Crippen LogP contribution is 2.22. The molecule has 6 nitrogen and oxygen atoms in total. The van der Waals surface area contributed by atoms with Crippen LogP contribution in [0.3, 0.4) is 0 Å². The summed E-state index contributed by atoms with van der Waals surface area (Å²) in [5.74, 6) is -0.134. The predicted octanol–water partition coefficient (Wildman–Crippen LogP) is 3.34. The van der Waals surface area contributed by atoms with Crippen LogP contribution in [0.5, 0.6) is 5.75 Å². The summed E-state index contributed by atoms with van der Waals surface area (Å²) in [7, 11) is 1.56. The van der Waals surface area contributed by atoms with Gasteiger partial charge in [0.15, 0.2) is 5.11 Å². The SMILES string of the molecule is COc1ccccc1C=CC(=O)NC(=S)NNC(=O)c1ccc(C(C)(C)C)cc1. The number of benzene rings is 2. The van der Waals surface area contributed by atoms with E-state index < -0.39 is 5.91 Å². The van der Waals surface area contributed by atoms with Gasteiger partial charge >= 0.3 is 0 Å². The van der Waals surface area contributed by atoms with E-state index in [2.05, 4.69) is 36.9 Å². The lowest BCUT2D eigenvalue weighted by atomic mass is 9.87. The number of methoxy groups -OCH3 is 1. The molecule has 0 aliphatic carbocycles. The third-order valence-corrected chi connectivity index (χ3v) is 4.30. The molecule has 2 rings (SSSR count). The maximum Gasteiger partial charge on any atom is 0.269 e. The van der Waals surface area contributed by atoms with Crippen LogP contribution in [0.2, 0.25) is 0 Å². The number of rotatable bonds is 4. The topological polar surface area (TPSA) is 79.5 Å². The van der Waals surface area contributed by atoms with Gasteiger partial charge in [0.1, 0.15) is 5.75 Å². The highest BCUT2D eigenvalue weighted by molar-refractivity contribution is 7.80. The molecule has 0 atom stereocenters. The zero-order valence-electron chi connectivity index (χ0n) is 16.9. The second-order valence-electron chi connectivity index (χ2n) is 7.30. The average Bonchev–Trinajstić information content (AvgIpc) is 2.70. The van der Waals surface area contributed by atoms with Gasteiger partial charge in [0.05, 0.1) is 7.11 Å². The third kappa shape index (κ3) is 6.73. The molecule has 0 saturated carbocycles. The molecule has 0 fully saturated rings. The quantitative estimate of drug-likeness (QED) is 0.409. The molecule has 0 unspecified atom stereocenters. The highest BCUT2D eigenvalue weighted by Gasteiger charge is 2.14. The number of carbonyl (C=O) groups is 2. The summed E-state index contributed by atoms with van der Waals surface area (Å²) < 4.78 is 5.22. The standard InChI is InChI=1S/C22H25N3O3S/c1-22(2,3)17-12-9-16(10-13-17)20(27)24-25-21(29)23-19(26)14-11-15-7-5-6-8-18(15)28-4/h5-14H,1-4H3,(H,24,27)(H2,23,25,26,29). The van der Waals surface area contributed by atoms with Gasteiger partial charge in [0.2, 0.25) is 5.91 Å². The van der Waals surface area contributed by atoms with Gasteiger partial charge in [-0.2, -0.15) is 0 Å². The van der Waals surface area contributed by atoms with Crippen LogP contribution in [0.1, 0.15) is 42.3 Å². The fourth-order valence-electron chi connectivity index (χ4n) is 2.46. The molecule has 29 heavy (non-hydrogen) atoms. The number of hydrogen-bond donors (Lipinski definition) is 3. The second-order valence-corrected chi connectivity index (χ2v) is 7.71. The molecule has 7 heteroatoms. The molecule has 0 aliphatic heterocycles. The summed E-state index contributed by atoms with van der Waals surface area (Å²) in [6.45, 7) is 6.31. The van der Waals surface area contributed by atoms with E-state index in [1.807, 2.05) is 30.3 Å². The number of ether oxygens (including phenoxy) is 1. The molecular formula is C22H25N3O3S. The Morgan fingerprint density at radius 3 is 2.28 bits per heavy atom. The van der Waals surface area contributed by atoms with Crippen LogP contribution in [0.15, 0.2) is 54.6 Å². The van der Waals surface area contributed by atoms with Crippen molar-refractivity contribution in [3.05, 3.63) is 71.3 Å². The van der Waals surface area contributed by atoms with Crippen LogP contribution in [0.4, 0.5) is 0 Å².